The molecule has 7 heteroatoms. The van der Waals surface area contributed by atoms with Gasteiger partial charge in [0.1, 0.15) is 5.71 Å². The molecule has 1 aliphatic rings. The van der Waals surface area contributed by atoms with E-state index in [-0.39, 0.29) is 18.7 Å². The normalized spacial score (nSPS) is 17.8. The first-order valence-electron chi connectivity index (χ1n) is 6.05. The molecule has 20 heavy (non-hydrogen) atoms. The predicted octanol–water partition coefficient (Wildman–Crippen LogP) is 1.92. The van der Waals surface area contributed by atoms with Crippen molar-refractivity contribution < 1.29 is 19.4 Å². The summed E-state index contributed by atoms with van der Waals surface area (Å²) in [6.07, 6.45) is 0.000675. The Morgan fingerprint density at radius 1 is 1.55 bits per heavy atom. The number of carbonyl (C=O) groups is 2. The molecule has 0 fully saturated rings. The fourth-order valence-electron chi connectivity index (χ4n) is 1.90. The van der Waals surface area contributed by atoms with E-state index in [2.05, 4.69) is 5.10 Å². The summed E-state index contributed by atoms with van der Waals surface area (Å²) in [5, 5.41) is 15.0. The lowest BCUT2D eigenvalue weighted by Gasteiger charge is -2.19. The first-order chi connectivity index (χ1) is 9.52. The summed E-state index contributed by atoms with van der Waals surface area (Å²) < 4.78 is 4.85. The Bertz CT molecular complexity index is 573. The van der Waals surface area contributed by atoms with Gasteiger partial charge in [-0.25, -0.2) is 9.59 Å². The number of hydrazone groups is 1. The van der Waals surface area contributed by atoms with E-state index >= 15 is 0 Å². The minimum atomic E-state index is -1.06. The van der Waals surface area contributed by atoms with Crippen LogP contribution in [0.25, 0.3) is 0 Å². The maximum atomic E-state index is 11.7. The molecule has 1 N–H and O–H groups in total. The Kier molecular flexibility index (Phi) is 4.24. The fourth-order valence-corrected chi connectivity index (χ4v) is 2.08. The Morgan fingerprint density at radius 2 is 2.30 bits per heavy atom. The van der Waals surface area contributed by atoms with Crippen LogP contribution in [0.15, 0.2) is 29.4 Å². The quantitative estimate of drug-likeness (QED) is 0.859. The summed E-state index contributed by atoms with van der Waals surface area (Å²) in [7, 11) is 0. The van der Waals surface area contributed by atoms with Gasteiger partial charge in [-0.1, -0.05) is 17.7 Å². The molecule has 0 aliphatic carbocycles. The molecular formula is C13H13ClN2O4. The van der Waals surface area contributed by atoms with Gasteiger partial charge in [0, 0.05) is 11.4 Å². The Balaban J connectivity index is 2.32. The number of rotatable bonds is 4. The van der Waals surface area contributed by atoms with E-state index < -0.39 is 18.0 Å². The number of carboxylic acid groups (broad SMARTS) is 1. The average Bonchev–Trinajstić information content (AvgIpc) is 2.84. The number of hydrogen-bond donors (Lipinski definition) is 1. The van der Waals surface area contributed by atoms with Crippen LogP contribution in [0, 0.1) is 0 Å². The molecule has 0 amide bonds. The predicted molar refractivity (Wildman–Crippen MR) is 74.0 cm³/mol. The molecule has 0 bridgehead atoms. The lowest BCUT2D eigenvalue weighted by atomic mass is 10.1. The zero-order valence-electron chi connectivity index (χ0n) is 10.7. The SMILES string of the molecule is CCOC(=O)C1=NN(c2cccc(Cl)c2)C(C(=O)O)C1. The van der Waals surface area contributed by atoms with Gasteiger partial charge in [-0.15, -0.1) is 0 Å². The summed E-state index contributed by atoms with van der Waals surface area (Å²) in [4.78, 5) is 23.0. The smallest absolute Gasteiger partial charge is 0.354 e. The van der Waals surface area contributed by atoms with Gasteiger partial charge in [-0.3, -0.25) is 5.01 Å². The lowest BCUT2D eigenvalue weighted by Crippen LogP contribution is -2.34. The monoisotopic (exact) mass is 296 g/mol. The highest BCUT2D eigenvalue weighted by molar-refractivity contribution is 6.38. The molecule has 1 unspecified atom stereocenters. The van der Waals surface area contributed by atoms with Crippen LogP contribution in [0.1, 0.15) is 13.3 Å². The first kappa shape index (κ1) is 14.3. The van der Waals surface area contributed by atoms with Crippen LogP contribution >= 0.6 is 11.6 Å². The van der Waals surface area contributed by atoms with Crippen LogP contribution in [0.2, 0.25) is 5.02 Å². The molecule has 1 atom stereocenters. The number of aliphatic carboxylic acids is 1. The third kappa shape index (κ3) is 2.91. The second kappa shape index (κ2) is 5.92. The maximum Gasteiger partial charge on any atom is 0.354 e. The van der Waals surface area contributed by atoms with Gasteiger partial charge in [-0.2, -0.15) is 5.10 Å². The molecule has 2 rings (SSSR count). The van der Waals surface area contributed by atoms with Crippen molar-refractivity contribution >= 4 is 34.9 Å². The number of anilines is 1. The van der Waals surface area contributed by atoms with Crippen molar-refractivity contribution in [1.29, 1.82) is 0 Å². The third-order valence-corrected chi connectivity index (χ3v) is 3.01. The van der Waals surface area contributed by atoms with E-state index in [1.807, 2.05) is 0 Å². The van der Waals surface area contributed by atoms with E-state index in [0.717, 1.165) is 0 Å². The van der Waals surface area contributed by atoms with Crippen LogP contribution in [-0.4, -0.2) is 35.4 Å². The van der Waals surface area contributed by atoms with Crippen molar-refractivity contribution in [2.75, 3.05) is 11.6 Å². The highest BCUT2D eigenvalue weighted by atomic mass is 35.5. The molecule has 1 aliphatic heterocycles. The average molecular weight is 297 g/mol. The number of hydrogen-bond acceptors (Lipinski definition) is 5. The maximum absolute atomic E-state index is 11.7. The minimum absolute atomic E-state index is 0.000675. The number of carboxylic acids is 1. The van der Waals surface area contributed by atoms with E-state index in [1.165, 1.54) is 5.01 Å². The second-order valence-corrected chi connectivity index (χ2v) is 4.59. The van der Waals surface area contributed by atoms with Crippen LogP contribution in [0.5, 0.6) is 0 Å². The fraction of sp³-hybridized carbons (Fsp3) is 0.308. The number of benzene rings is 1. The largest absolute Gasteiger partial charge is 0.480 e. The Labute approximate surface area is 120 Å². The molecule has 6 nitrogen and oxygen atoms in total. The van der Waals surface area contributed by atoms with E-state index in [1.54, 1.807) is 31.2 Å². The molecule has 0 saturated carbocycles. The standard InChI is InChI=1S/C13H13ClN2O4/c1-2-20-13(19)10-7-11(12(17)18)16(15-10)9-5-3-4-8(14)6-9/h3-6,11H,2,7H2,1H3,(H,17,18). The van der Waals surface area contributed by atoms with Gasteiger partial charge in [0.2, 0.25) is 0 Å². The number of carbonyl (C=O) groups excluding carboxylic acids is 1. The molecule has 1 heterocycles. The van der Waals surface area contributed by atoms with Crippen molar-refractivity contribution in [3.05, 3.63) is 29.3 Å². The first-order valence-corrected chi connectivity index (χ1v) is 6.43. The number of nitrogens with zero attached hydrogens (tertiary/aromatic N) is 2. The Hall–Kier alpha value is -2.08. The van der Waals surface area contributed by atoms with Crippen molar-refractivity contribution in [3.63, 3.8) is 0 Å². The van der Waals surface area contributed by atoms with Gasteiger partial charge >= 0.3 is 11.9 Å². The van der Waals surface area contributed by atoms with Gasteiger partial charge in [-0.05, 0) is 25.1 Å². The Morgan fingerprint density at radius 3 is 2.90 bits per heavy atom. The zero-order valence-corrected chi connectivity index (χ0v) is 11.5. The van der Waals surface area contributed by atoms with Gasteiger partial charge < -0.3 is 9.84 Å². The summed E-state index contributed by atoms with van der Waals surface area (Å²) in [5.74, 6) is -1.66. The zero-order chi connectivity index (χ0) is 14.7. The number of ether oxygens (including phenoxy) is 1. The lowest BCUT2D eigenvalue weighted by molar-refractivity contribution is -0.138. The summed E-state index contributed by atoms with van der Waals surface area (Å²) in [5.41, 5.74) is 0.614. The van der Waals surface area contributed by atoms with Crippen molar-refractivity contribution in [2.45, 2.75) is 19.4 Å². The molecule has 0 spiro atoms. The summed E-state index contributed by atoms with van der Waals surface area (Å²) >= 11 is 5.89. The van der Waals surface area contributed by atoms with E-state index in [9.17, 15) is 14.7 Å². The van der Waals surface area contributed by atoms with Gasteiger partial charge in [0.05, 0.1) is 12.3 Å². The number of esters is 1. The summed E-state index contributed by atoms with van der Waals surface area (Å²) in [6, 6.07) is 5.70. The van der Waals surface area contributed by atoms with Gasteiger partial charge in [0.15, 0.2) is 6.04 Å². The van der Waals surface area contributed by atoms with E-state index in [4.69, 9.17) is 16.3 Å². The molecule has 1 aromatic carbocycles. The minimum Gasteiger partial charge on any atom is -0.480 e. The van der Waals surface area contributed by atoms with Crippen LogP contribution in [0.4, 0.5) is 5.69 Å². The molecule has 0 saturated heterocycles. The molecule has 0 radical (unpaired) electrons. The molecular weight excluding hydrogens is 284 g/mol. The summed E-state index contributed by atoms with van der Waals surface area (Å²) in [6.45, 7) is 1.89. The van der Waals surface area contributed by atoms with Crippen molar-refractivity contribution in [1.82, 2.24) is 0 Å². The second-order valence-electron chi connectivity index (χ2n) is 4.15. The van der Waals surface area contributed by atoms with Crippen LogP contribution in [-0.2, 0) is 14.3 Å². The highest BCUT2D eigenvalue weighted by Gasteiger charge is 2.36. The number of halogens is 1. The molecule has 0 aromatic heterocycles. The highest BCUT2D eigenvalue weighted by Crippen LogP contribution is 2.27. The van der Waals surface area contributed by atoms with Crippen molar-refractivity contribution in [2.24, 2.45) is 5.10 Å². The molecule has 106 valence electrons. The van der Waals surface area contributed by atoms with Crippen LogP contribution < -0.4 is 5.01 Å². The van der Waals surface area contributed by atoms with Crippen LogP contribution in [0.3, 0.4) is 0 Å². The van der Waals surface area contributed by atoms with Gasteiger partial charge in [0.25, 0.3) is 0 Å². The van der Waals surface area contributed by atoms with E-state index in [0.29, 0.717) is 10.7 Å². The molecule has 1 aromatic rings. The third-order valence-electron chi connectivity index (χ3n) is 2.78. The van der Waals surface area contributed by atoms with Crippen molar-refractivity contribution in [3.8, 4) is 0 Å². The topological polar surface area (TPSA) is 79.2 Å².